The summed E-state index contributed by atoms with van der Waals surface area (Å²) < 4.78 is 16.6. The SMILES string of the molecule is N[C@H]1C(O)O[C@H](CF)[C@@H](O)[C@@H]1O. The van der Waals surface area contributed by atoms with Crippen LogP contribution >= 0.6 is 0 Å². The van der Waals surface area contributed by atoms with Crippen LogP contribution < -0.4 is 5.73 Å². The molecule has 1 rings (SSSR count). The molecule has 0 spiro atoms. The quantitative estimate of drug-likeness (QED) is 0.365. The van der Waals surface area contributed by atoms with Crippen molar-refractivity contribution in [1.82, 2.24) is 0 Å². The van der Waals surface area contributed by atoms with Crippen molar-refractivity contribution in [3.05, 3.63) is 0 Å². The fourth-order valence-corrected chi connectivity index (χ4v) is 1.09. The van der Waals surface area contributed by atoms with E-state index < -0.39 is 37.3 Å². The van der Waals surface area contributed by atoms with Gasteiger partial charge in [0.15, 0.2) is 6.29 Å². The summed E-state index contributed by atoms with van der Waals surface area (Å²) in [6.07, 6.45) is -5.36. The maximum atomic E-state index is 12.1. The molecule has 72 valence electrons. The Morgan fingerprint density at radius 1 is 1.25 bits per heavy atom. The zero-order valence-corrected chi connectivity index (χ0v) is 6.30. The fourth-order valence-electron chi connectivity index (χ4n) is 1.09. The Balaban J connectivity index is 2.63. The lowest BCUT2D eigenvalue weighted by Crippen LogP contribution is -2.61. The van der Waals surface area contributed by atoms with Gasteiger partial charge in [-0.2, -0.15) is 0 Å². The van der Waals surface area contributed by atoms with E-state index in [1.54, 1.807) is 0 Å². The molecule has 1 heterocycles. The van der Waals surface area contributed by atoms with Gasteiger partial charge in [-0.1, -0.05) is 0 Å². The Labute approximate surface area is 68.6 Å². The van der Waals surface area contributed by atoms with E-state index in [2.05, 4.69) is 4.74 Å². The van der Waals surface area contributed by atoms with Crippen LogP contribution in [0.5, 0.6) is 0 Å². The Morgan fingerprint density at radius 2 is 1.83 bits per heavy atom. The van der Waals surface area contributed by atoms with Crippen LogP contribution in [0.4, 0.5) is 4.39 Å². The fraction of sp³-hybridized carbons (Fsp3) is 1.00. The molecule has 0 saturated carbocycles. The Morgan fingerprint density at radius 3 is 2.33 bits per heavy atom. The third kappa shape index (κ3) is 1.57. The van der Waals surface area contributed by atoms with Gasteiger partial charge in [-0.05, 0) is 0 Å². The molecule has 5 nitrogen and oxygen atoms in total. The monoisotopic (exact) mass is 181 g/mol. The van der Waals surface area contributed by atoms with Crippen LogP contribution in [-0.4, -0.2) is 52.6 Å². The van der Waals surface area contributed by atoms with Crippen molar-refractivity contribution in [1.29, 1.82) is 0 Å². The van der Waals surface area contributed by atoms with E-state index in [9.17, 15) is 4.39 Å². The highest BCUT2D eigenvalue weighted by atomic mass is 19.1. The van der Waals surface area contributed by atoms with Crippen molar-refractivity contribution >= 4 is 0 Å². The molecule has 0 radical (unpaired) electrons. The number of hydrogen-bond acceptors (Lipinski definition) is 5. The largest absolute Gasteiger partial charge is 0.388 e. The van der Waals surface area contributed by atoms with E-state index >= 15 is 0 Å². The van der Waals surface area contributed by atoms with Crippen LogP contribution in [0.2, 0.25) is 0 Å². The summed E-state index contributed by atoms with van der Waals surface area (Å²) in [7, 11) is 0. The molecular weight excluding hydrogens is 169 g/mol. The van der Waals surface area contributed by atoms with Gasteiger partial charge in [0.25, 0.3) is 0 Å². The lowest BCUT2D eigenvalue weighted by Gasteiger charge is -2.37. The van der Waals surface area contributed by atoms with Crippen molar-refractivity contribution in [3.8, 4) is 0 Å². The summed E-state index contributed by atoms with van der Waals surface area (Å²) in [5.74, 6) is 0. The molecular formula is C6H12FNO4. The minimum atomic E-state index is -1.43. The minimum absolute atomic E-state index is 0.970. The molecule has 0 aromatic carbocycles. The summed E-state index contributed by atoms with van der Waals surface area (Å²) in [6, 6.07) is -1.09. The van der Waals surface area contributed by atoms with E-state index in [1.165, 1.54) is 0 Å². The minimum Gasteiger partial charge on any atom is -0.388 e. The molecule has 0 amide bonds. The van der Waals surface area contributed by atoms with Gasteiger partial charge >= 0.3 is 0 Å². The van der Waals surface area contributed by atoms with E-state index in [4.69, 9.17) is 21.1 Å². The molecule has 1 saturated heterocycles. The summed E-state index contributed by atoms with van der Waals surface area (Å²) in [5.41, 5.74) is 5.22. The molecule has 5 N–H and O–H groups in total. The lowest BCUT2D eigenvalue weighted by molar-refractivity contribution is -0.244. The molecule has 0 bridgehead atoms. The maximum absolute atomic E-state index is 12.1. The second-order valence-electron chi connectivity index (χ2n) is 2.78. The van der Waals surface area contributed by atoms with Gasteiger partial charge in [0, 0.05) is 0 Å². The zero-order chi connectivity index (χ0) is 9.30. The highest BCUT2D eigenvalue weighted by Crippen LogP contribution is 2.18. The van der Waals surface area contributed by atoms with Crippen LogP contribution in [0.15, 0.2) is 0 Å². The first kappa shape index (κ1) is 9.82. The molecule has 5 atom stereocenters. The Kier molecular flexibility index (Phi) is 2.97. The number of rotatable bonds is 1. The first-order valence-electron chi connectivity index (χ1n) is 3.59. The normalized spacial score (nSPS) is 49.2. The van der Waals surface area contributed by atoms with E-state index in [1.807, 2.05) is 0 Å². The van der Waals surface area contributed by atoms with Crippen LogP contribution in [0.25, 0.3) is 0 Å². The maximum Gasteiger partial charge on any atom is 0.173 e. The molecule has 1 unspecified atom stereocenters. The highest BCUT2D eigenvalue weighted by Gasteiger charge is 2.41. The van der Waals surface area contributed by atoms with E-state index in [0.29, 0.717) is 0 Å². The molecule has 1 fully saturated rings. The summed E-state index contributed by atoms with van der Waals surface area (Å²) >= 11 is 0. The van der Waals surface area contributed by atoms with E-state index in [-0.39, 0.29) is 0 Å². The third-order valence-electron chi connectivity index (χ3n) is 1.92. The molecule has 0 aromatic rings. The first-order chi connectivity index (χ1) is 5.57. The van der Waals surface area contributed by atoms with Crippen molar-refractivity contribution in [2.45, 2.75) is 30.6 Å². The summed E-state index contributed by atoms with van der Waals surface area (Å²) in [5, 5.41) is 27.2. The lowest BCUT2D eigenvalue weighted by atomic mass is 9.98. The average molecular weight is 181 g/mol. The van der Waals surface area contributed by atoms with Gasteiger partial charge < -0.3 is 25.8 Å². The van der Waals surface area contributed by atoms with Gasteiger partial charge in [0.2, 0.25) is 0 Å². The average Bonchev–Trinajstić information content (AvgIpc) is 2.08. The predicted octanol–water partition coefficient (Wildman–Crippen LogP) is -2.28. The number of halogens is 1. The molecule has 0 aromatic heterocycles. The summed E-state index contributed by atoms with van der Waals surface area (Å²) in [4.78, 5) is 0. The molecule has 0 aliphatic carbocycles. The van der Waals surface area contributed by atoms with Gasteiger partial charge in [-0.15, -0.1) is 0 Å². The first-order valence-corrected chi connectivity index (χ1v) is 3.59. The number of nitrogens with two attached hydrogens (primary N) is 1. The van der Waals surface area contributed by atoms with Gasteiger partial charge in [-0.25, -0.2) is 4.39 Å². The standard InChI is InChI=1S/C6H12FNO4/c7-1-2-4(9)5(10)3(8)6(11)12-2/h2-6,9-11H,1,8H2/t2-,3-,4-,5-,6?/m1/s1. The van der Waals surface area contributed by atoms with Gasteiger partial charge in [-0.3, -0.25) is 0 Å². The highest BCUT2D eigenvalue weighted by molar-refractivity contribution is 4.90. The number of aliphatic hydroxyl groups excluding tert-OH is 3. The van der Waals surface area contributed by atoms with Crippen molar-refractivity contribution in [2.75, 3.05) is 6.67 Å². The number of ether oxygens (including phenoxy) is 1. The predicted molar refractivity (Wildman–Crippen MR) is 36.8 cm³/mol. The molecule has 1 aliphatic rings. The van der Waals surface area contributed by atoms with Crippen molar-refractivity contribution < 1.29 is 24.4 Å². The molecule has 12 heavy (non-hydrogen) atoms. The third-order valence-corrected chi connectivity index (χ3v) is 1.92. The second-order valence-corrected chi connectivity index (χ2v) is 2.78. The van der Waals surface area contributed by atoms with Crippen molar-refractivity contribution in [3.63, 3.8) is 0 Å². The van der Waals surface area contributed by atoms with Crippen LogP contribution in [0, 0.1) is 0 Å². The number of hydrogen-bond donors (Lipinski definition) is 4. The number of alkyl halides is 1. The Hall–Kier alpha value is -0.270. The van der Waals surface area contributed by atoms with Crippen LogP contribution in [-0.2, 0) is 4.74 Å². The molecule has 1 aliphatic heterocycles. The van der Waals surface area contributed by atoms with Gasteiger partial charge in [0.1, 0.15) is 25.0 Å². The van der Waals surface area contributed by atoms with Crippen molar-refractivity contribution in [2.24, 2.45) is 5.73 Å². The van der Waals surface area contributed by atoms with Crippen LogP contribution in [0.1, 0.15) is 0 Å². The topological polar surface area (TPSA) is 95.9 Å². The summed E-state index contributed by atoms with van der Waals surface area (Å²) in [6.45, 7) is -0.970. The zero-order valence-electron chi connectivity index (χ0n) is 6.30. The van der Waals surface area contributed by atoms with Gasteiger partial charge in [0.05, 0.1) is 6.04 Å². The van der Waals surface area contributed by atoms with E-state index in [0.717, 1.165) is 0 Å². The number of aliphatic hydroxyl groups is 3. The van der Waals surface area contributed by atoms with Crippen LogP contribution in [0.3, 0.4) is 0 Å². The smallest absolute Gasteiger partial charge is 0.173 e. The Bertz CT molecular complexity index is 154. The second kappa shape index (κ2) is 3.63. The molecule has 6 heteroatoms.